The molecule has 2 nitrogen and oxygen atoms in total. The molecule has 0 aromatic heterocycles. The van der Waals surface area contributed by atoms with Crippen molar-refractivity contribution in [1.29, 1.82) is 0 Å². The number of nitrogens with zero attached hydrogens (tertiary/aromatic N) is 1. The van der Waals surface area contributed by atoms with Gasteiger partial charge in [-0.1, -0.05) is 12.2 Å². The van der Waals surface area contributed by atoms with Crippen molar-refractivity contribution in [2.75, 3.05) is 13.1 Å². The fourth-order valence-electron chi connectivity index (χ4n) is 1.77. The van der Waals surface area contributed by atoms with Crippen molar-refractivity contribution >= 4 is 6.29 Å². The normalized spacial score (nSPS) is 24.7. The molecule has 0 aromatic carbocycles. The lowest BCUT2D eigenvalue weighted by atomic mass is 10.1. The number of allylic oxidation sites excluding steroid dienone is 1. The van der Waals surface area contributed by atoms with Gasteiger partial charge in [-0.25, -0.2) is 0 Å². The second-order valence-electron chi connectivity index (χ2n) is 3.97. The molecular weight excluding hydrogens is 162 g/mol. The van der Waals surface area contributed by atoms with E-state index < -0.39 is 0 Å². The Bertz CT molecular complexity index is 187. The molecule has 0 bridgehead atoms. The van der Waals surface area contributed by atoms with Crippen molar-refractivity contribution in [3.8, 4) is 0 Å². The average Bonchev–Trinajstić information content (AvgIpc) is 2.53. The highest BCUT2D eigenvalue weighted by atomic mass is 16.1. The molecule has 0 radical (unpaired) electrons. The number of aldehydes is 1. The first-order valence-corrected chi connectivity index (χ1v) is 5.08. The molecule has 0 N–H and O–H groups in total. The van der Waals surface area contributed by atoms with Gasteiger partial charge in [-0.2, -0.15) is 0 Å². The Morgan fingerprint density at radius 1 is 1.54 bits per heavy atom. The van der Waals surface area contributed by atoms with E-state index in [0.29, 0.717) is 18.4 Å². The maximum atomic E-state index is 10.1. The summed E-state index contributed by atoms with van der Waals surface area (Å²) in [6.07, 6.45) is 6.94. The lowest BCUT2D eigenvalue weighted by molar-refractivity contribution is -0.107. The monoisotopic (exact) mass is 181 g/mol. The zero-order valence-corrected chi connectivity index (χ0v) is 8.57. The molecule has 0 aromatic rings. The second-order valence-corrected chi connectivity index (χ2v) is 3.97. The molecule has 1 unspecified atom stereocenters. The minimum atomic E-state index is 0.568. The molecule has 13 heavy (non-hydrogen) atoms. The molecule has 1 heterocycles. The third kappa shape index (κ3) is 3.31. The third-order valence-electron chi connectivity index (χ3n) is 2.63. The summed E-state index contributed by atoms with van der Waals surface area (Å²) >= 11 is 0. The largest absolute Gasteiger partial charge is 0.303 e. The highest BCUT2D eigenvalue weighted by Gasteiger charge is 2.21. The molecule has 0 saturated carbocycles. The lowest BCUT2D eigenvalue weighted by Crippen LogP contribution is -2.27. The van der Waals surface area contributed by atoms with Gasteiger partial charge in [0.15, 0.2) is 0 Å². The summed E-state index contributed by atoms with van der Waals surface area (Å²) in [7, 11) is 0. The van der Waals surface area contributed by atoms with E-state index in [1.807, 2.05) is 6.08 Å². The predicted octanol–water partition coefficient (Wildman–Crippen LogP) is 1.86. The molecule has 1 fully saturated rings. The van der Waals surface area contributed by atoms with Crippen LogP contribution in [0.4, 0.5) is 0 Å². The van der Waals surface area contributed by atoms with E-state index in [1.165, 1.54) is 13.0 Å². The summed E-state index contributed by atoms with van der Waals surface area (Å²) in [4.78, 5) is 12.6. The Labute approximate surface area is 80.6 Å². The van der Waals surface area contributed by atoms with Crippen molar-refractivity contribution in [1.82, 2.24) is 4.90 Å². The van der Waals surface area contributed by atoms with Crippen LogP contribution >= 0.6 is 0 Å². The molecule has 0 amide bonds. The number of hydrogen-bond donors (Lipinski definition) is 0. The average molecular weight is 181 g/mol. The molecule has 0 spiro atoms. The minimum Gasteiger partial charge on any atom is -0.303 e. The third-order valence-corrected chi connectivity index (χ3v) is 2.63. The summed E-state index contributed by atoms with van der Waals surface area (Å²) in [5.74, 6) is 0.669. The van der Waals surface area contributed by atoms with Gasteiger partial charge in [-0.3, -0.25) is 0 Å². The lowest BCUT2D eigenvalue weighted by Gasteiger charge is -2.19. The Balaban J connectivity index is 2.28. The van der Waals surface area contributed by atoms with E-state index in [2.05, 4.69) is 24.8 Å². The molecule has 74 valence electrons. The number of carbonyl (C=O) groups is 1. The van der Waals surface area contributed by atoms with E-state index in [4.69, 9.17) is 0 Å². The molecule has 1 saturated heterocycles. The van der Waals surface area contributed by atoms with Gasteiger partial charge in [-0.15, -0.1) is 0 Å². The van der Waals surface area contributed by atoms with Crippen molar-refractivity contribution in [3.05, 3.63) is 12.2 Å². The number of carbonyl (C=O) groups excluding carboxylic acids is 1. The topological polar surface area (TPSA) is 20.3 Å². The van der Waals surface area contributed by atoms with E-state index in [-0.39, 0.29) is 0 Å². The van der Waals surface area contributed by atoms with Crippen LogP contribution in [-0.2, 0) is 4.79 Å². The maximum absolute atomic E-state index is 10.1. The first-order chi connectivity index (χ1) is 6.24. The maximum Gasteiger partial charge on any atom is 0.123 e. The molecule has 2 heteroatoms. The van der Waals surface area contributed by atoms with E-state index in [0.717, 1.165) is 12.8 Å². The van der Waals surface area contributed by atoms with Crippen LogP contribution in [-0.4, -0.2) is 30.3 Å². The number of hydrogen-bond acceptors (Lipinski definition) is 2. The minimum absolute atomic E-state index is 0.568. The van der Waals surface area contributed by atoms with Crippen LogP contribution in [0.3, 0.4) is 0 Å². The van der Waals surface area contributed by atoms with Crippen LogP contribution < -0.4 is 0 Å². The molecule has 1 atom stereocenters. The van der Waals surface area contributed by atoms with E-state index in [1.54, 1.807) is 0 Å². The fourth-order valence-corrected chi connectivity index (χ4v) is 1.77. The van der Waals surface area contributed by atoms with Gasteiger partial charge >= 0.3 is 0 Å². The van der Waals surface area contributed by atoms with E-state index >= 15 is 0 Å². The van der Waals surface area contributed by atoms with Gasteiger partial charge in [0.05, 0.1) is 0 Å². The molecular formula is C11H19NO. The summed E-state index contributed by atoms with van der Waals surface area (Å²) in [5, 5.41) is 0. The fraction of sp³-hybridized carbons (Fsp3) is 0.727. The Kier molecular flexibility index (Phi) is 4.16. The van der Waals surface area contributed by atoms with Crippen LogP contribution in [0.5, 0.6) is 0 Å². The second kappa shape index (κ2) is 5.18. The van der Waals surface area contributed by atoms with Gasteiger partial charge < -0.3 is 9.69 Å². The highest BCUT2D eigenvalue weighted by Crippen LogP contribution is 2.19. The first kappa shape index (κ1) is 10.5. The Morgan fingerprint density at radius 2 is 2.31 bits per heavy atom. The zero-order valence-electron chi connectivity index (χ0n) is 8.57. The summed E-state index contributed by atoms with van der Waals surface area (Å²) in [6, 6.07) is 0.657. The first-order valence-electron chi connectivity index (χ1n) is 5.08. The quantitative estimate of drug-likeness (QED) is 0.487. The Hall–Kier alpha value is -0.630. The summed E-state index contributed by atoms with van der Waals surface area (Å²) < 4.78 is 0. The van der Waals surface area contributed by atoms with Crippen molar-refractivity contribution in [2.45, 2.75) is 32.7 Å². The zero-order chi connectivity index (χ0) is 9.68. The number of rotatable bonds is 4. The summed E-state index contributed by atoms with van der Waals surface area (Å²) in [5.41, 5.74) is 0. The van der Waals surface area contributed by atoms with Gasteiger partial charge in [0, 0.05) is 19.0 Å². The molecule has 1 aliphatic heterocycles. The van der Waals surface area contributed by atoms with Crippen LogP contribution in [0.25, 0.3) is 0 Å². The Morgan fingerprint density at radius 3 is 2.85 bits per heavy atom. The predicted molar refractivity (Wildman–Crippen MR) is 54.6 cm³/mol. The van der Waals surface area contributed by atoms with Gasteiger partial charge in [0.2, 0.25) is 0 Å². The van der Waals surface area contributed by atoms with Crippen molar-refractivity contribution in [2.24, 2.45) is 5.92 Å². The summed E-state index contributed by atoms with van der Waals surface area (Å²) in [6.45, 7) is 6.83. The van der Waals surface area contributed by atoms with Crippen molar-refractivity contribution < 1.29 is 4.79 Å². The van der Waals surface area contributed by atoms with Gasteiger partial charge in [-0.05, 0) is 32.7 Å². The smallest absolute Gasteiger partial charge is 0.123 e. The highest BCUT2D eigenvalue weighted by molar-refractivity contribution is 5.51. The molecule has 0 aliphatic carbocycles. The molecule has 1 aliphatic rings. The van der Waals surface area contributed by atoms with Crippen LogP contribution in [0.1, 0.15) is 26.7 Å². The van der Waals surface area contributed by atoms with Crippen LogP contribution in [0.15, 0.2) is 12.2 Å². The molecule has 1 rings (SSSR count). The van der Waals surface area contributed by atoms with Crippen molar-refractivity contribution in [3.63, 3.8) is 0 Å². The van der Waals surface area contributed by atoms with Gasteiger partial charge in [0.1, 0.15) is 6.29 Å². The van der Waals surface area contributed by atoms with Crippen LogP contribution in [0.2, 0.25) is 0 Å². The van der Waals surface area contributed by atoms with E-state index in [9.17, 15) is 4.79 Å². The van der Waals surface area contributed by atoms with Crippen LogP contribution in [0, 0.1) is 5.92 Å². The van der Waals surface area contributed by atoms with Gasteiger partial charge in [0.25, 0.3) is 0 Å². The standard InChI is InChI=1S/C11H19NO/c1-10(2)12-7-6-11(9-12)5-3-4-8-13/h3,5,8,10-11H,4,6-7,9H2,1-2H3/b5-3-. The number of likely N-dealkylation sites (tertiary alicyclic amines) is 1. The SMILES string of the molecule is CC(C)N1CCC(/C=C\CC=O)C1.